The number of alkyl halides is 3. The summed E-state index contributed by atoms with van der Waals surface area (Å²) in [7, 11) is 1.68. The highest BCUT2D eigenvalue weighted by atomic mass is 127. The summed E-state index contributed by atoms with van der Waals surface area (Å²) < 4.78 is 37.0. The number of nitrogens with zero attached hydrogens (tertiary/aromatic N) is 2. The molecule has 1 unspecified atom stereocenters. The van der Waals surface area contributed by atoms with E-state index in [1.165, 1.54) is 4.90 Å². The number of rotatable bonds is 3. The molecule has 0 aromatic heterocycles. The Bertz CT molecular complexity index is 376. The second-order valence-corrected chi connectivity index (χ2v) is 5.34. The van der Waals surface area contributed by atoms with Crippen molar-refractivity contribution in [3.8, 4) is 0 Å². The topological polar surface area (TPSA) is 39.7 Å². The molecule has 0 saturated carbocycles. The molecule has 1 saturated heterocycles. The van der Waals surface area contributed by atoms with Gasteiger partial charge in [0, 0.05) is 32.2 Å². The molecule has 4 nitrogen and oxygen atoms in total. The molecule has 0 bridgehead atoms. The molecule has 8 heteroatoms. The molecule has 2 aliphatic rings. The van der Waals surface area contributed by atoms with Gasteiger partial charge in [-0.15, -0.1) is 24.0 Å². The lowest BCUT2D eigenvalue weighted by Crippen LogP contribution is -2.48. The normalized spacial score (nSPS) is 24.2. The average Bonchev–Trinajstić information content (AvgIpc) is 2.98. The van der Waals surface area contributed by atoms with Gasteiger partial charge in [-0.2, -0.15) is 13.2 Å². The maximum absolute atomic E-state index is 12.3. The van der Waals surface area contributed by atoms with Crippen molar-refractivity contribution in [2.45, 2.75) is 37.5 Å². The van der Waals surface area contributed by atoms with Gasteiger partial charge in [0.1, 0.15) is 0 Å². The number of halogens is 4. The molecular formula is C13H22F3IN4. The van der Waals surface area contributed by atoms with Crippen molar-refractivity contribution in [3.63, 3.8) is 0 Å². The van der Waals surface area contributed by atoms with E-state index in [0.29, 0.717) is 31.5 Å². The summed E-state index contributed by atoms with van der Waals surface area (Å²) in [6.45, 7) is 0.0477. The molecule has 1 aliphatic carbocycles. The fourth-order valence-corrected chi connectivity index (χ4v) is 2.64. The molecule has 2 N–H and O–H groups in total. The third kappa shape index (κ3) is 6.41. The summed E-state index contributed by atoms with van der Waals surface area (Å²) in [6.07, 6.45) is 2.75. The minimum absolute atomic E-state index is 0. The predicted molar refractivity (Wildman–Crippen MR) is 88.1 cm³/mol. The zero-order valence-corrected chi connectivity index (χ0v) is 14.3. The van der Waals surface area contributed by atoms with Gasteiger partial charge in [-0.05, 0) is 19.3 Å². The van der Waals surface area contributed by atoms with Gasteiger partial charge < -0.3 is 10.6 Å². The fourth-order valence-electron chi connectivity index (χ4n) is 2.64. The van der Waals surface area contributed by atoms with Crippen LogP contribution in [0.4, 0.5) is 13.2 Å². The van der Waals surface area contributed by atoms with E-state index in [2.05, 4.69) is 27.8 Å². The molecule has 21 heavy (non-hydrogen) atoms. The summed E-state index contributed by atoms with van der Waals surface area (Å²) in [4.78, 5) is 5.57. The number of hydrogen-bond donors (Lipinski definition) is 2. The molecule has 2 rings (SSSR count). The van der Waals surface area contributed by atoms with Crippen LogP contribution in [-0.2, 0) is 0 Å². The zero-order chi connectivity index (χ0) is 14.6. The summed E-state index contributed by atoms with van der Waals surface area (Å²) in [6, 6.07) is 0.367. The van der Waals surface area contributed by atoms with Gasteiger partial charge in [0.05, 0.1) is 6.54 Å². The first-order chi connectivity index (χ1) is 9.46. The Hall–Kier alpha value is -0.510. The van der Waals surface area contributed by atoms with E-state index in [0.717, 1.165) is 12.8 Å². The van der Waals surface area contributed by atoms with Crippen LogP contribution in [0.1, 0.15) is 19.3 Å². The Morgan fingerprint density at radius 2 is 1.86 bits per heavy atom. The minimum Gasteiger partial charge on any atom is -0.353 e. The molecule has 0 radical (unpaired) electrons. The highest BCUT2D eigenvalue weighted by Gasteiger charge is 2.34. The lowest BCUT2D eigenvalue weighted by atomic mass is 10.2. The molecular weight excluding hydrogens is 396 g/mol. The maximum atomic E-state index is 12.3. The Labute approximate surface area is 140 Å². The summed E-state index contributed by atoms with van der Waals surface area (Å²) in [5, 5.41) is 6.50. The van der Waals surface area contributed by atoms with E-state index in [4.69, 9.17) is 0 Å². The number of guanidine groups is 1. The van der Waals surface area contributed by atoms with Crippen LogP contribution in [0.2, 0.25) is 0 Å². The van der Waals surface area contributed by atoms with E-state index < -0.39 is 12.7 Å². The number of nitrogens with one attached hydrogen (secondary N) is 2. The van der Waals surface area contributed by atoms with Gasteiger partial charge in [0.15, 0.2) is 5.96 Å². The third-order valence-corrected chi connectivity index (χ3v) is 3.59. The largest absolute Gasteiger partial charge is 0.401 e. The standard InChI is InChI=1S/C13H21F3N4.HI/c1-17-12(18-10-4-2-3-5-10)19-11-6-7-20(8-11)9-13(14,15)16;/h2-3,10-11H,4-9H2,1H3,(H2,17,18,19);1H. The first-order valence-electron chi connectivity index (χ1n) is 6.90. The quantitative estimate of drug-likeness (QED) is 0.319. The highest BCUT2D eigenvalue weighted by molar-refractivity contribution is 14.0. The van der Waals surface area contributed by atoms with Gasteiger partial charge in [-0.3, -0.25) is 9.89 Å². The van der Waals surface area contributed by atoms with Gasteiger partial charge in [0.2, 0.25) is 0 Å². The van der Waals surface area contributed by atoms with Crippen LogP contribution in [0.5, 0.6) is 0 Å². The van der Waals surface area contributed by atoms with Crippen molar-refractivity contribution in [1.29, 1.82) is 0 Å². The van der Waals surface area contributed by atoms with Gasteiger partial charge >= 0.3 is 6.18 Å². The van der Waals surface area contributed by atoms with E-state index >= 15 is 0 Å². The van der Waals surface area contributed by atoms with Crippen LogP contribution in [0.15, 0.2) is 17.1 Å². The number of aliphatic imine (C=N–C) groups is 1. The maximum Gasteiger partial charge on any atom is 0.401 e. The van der Waals surface area contributed by atoms with Gasteiger partial charge in [0.25, 0.3) is 0 Å². The smallest absolute Gasteiger partial charge is 0.353 e. The van der Waals surface area contributed by atoms with Crippen LogP contribution in [0.25, 0.3) is 0 Å². The second kappa shape index (κ2) is 8.21. The number of hydrogen-bond acceptors (Lipinski definition) is 2. The monoisotopic (exact) mass is 418 g/mol. The zero-order valence-electron chi connectivity index (χ0n) is 12.0. The van der Waals surface area contributed by atoms with E-state index in [1.807, 2.05) is 0 Å². The van der Waals surface area contributed by atoms with Crippen LogP contribution in [0, 0.1) is 0 Å². The van der Waals surface area contributed by atoms with Crippen molar-refractivity contribution < 1.29 is 13.2 Å². The Balaban J connectivity index is 0.00000220. The first kappa shape index (κ1) is 18.5. The Morgan fingerprint density at radius 1 is 1.24 bits per heavy atom. The van der Waals surface area contributed by atoms with Crippen LogP contribution < -0.4 is 10.6 Å². The van der Waals surface area contributed by atoms with Gasteiger partial charge in [-0.1, -0.05) is 12.2 Å². The Kier molecular flexibility index (Phi) is 7.25. The molecule has 1 aliphatic heterocycles. The highest BCUT2D eigenvalue weighted by Crippen LogP contribution is 2.20. The predicted octanol–water partition coefficient (Wildman–Crippen LogP) is 2.12. The van der Waals surface area contributed by atoms with Crippen molar-refractivity contribution >= 4 is 29.9 Å². The van der Waals surface area contributed by atoms with Crippen molar-refractivity contribution in [2.24, 2.45) is 4.99 Å². The number of likely N-dealkylation sites (tertiary alicyclic amines) is 1. The summed E-state index contributed by atoms with van der Waals surface area (Å²) in [5.41, 5.74) is 0. The van der Waals surface area contributed by atoms with E-state index in [9.17, 15) is 13.2 Å². The molecule has 0 aromatic rings. The van der Waals surface area contributed by atoms with Crippen LogP contribution in [-0.4, -0.2) is 55.8 Å². The average molecular weight is 418 g/mol. The molecule has 1 fully saturated rings. The molecule has 1 heterocycles. The first-order valence-corrected chi connectivity index (χ1v) is 6.90. The van der Waals surface area contributed by atoms with E-state index in [1.54, 1.807) is 7.05 Å². The third-order valence-electron chi connectivity index (χ3n) is 3.59. The van der Waals surface area contributed by atoms with Crippen molar-refractivity contribution in [1.82, 2.24) is 15.5 Å². The summed E-state index contributed by atoms with van der Waals surface area (Å²) in [5.74, 6) is 0.678. The molecule has 1 atom stereocenters. The van der Waals surface area contributed by atoms with Crippen LogP contribution in [0.3, 0.4) is 0 Å². The molecule has 0 spiro atoms. The molecule has 122 valence electrons. The second-order valence-electron chi connectivity index (χ2n) is 5.34. The SMILES string of the molecule is CN=C(NC1CC=CC1)NC1CCN(CC(F)(F)F)C1.I. The molecule has 0 amide bonds. The fraction of sp³-hybridized carbons (Fsp3) is 0.769. The van der Waals surface area contributed by atoms with Crippen molar-refractivity contribution in [3.05, 3.63) is 12.2 Å². The Morgan fingerprint density at radius 3 is 2.43 bits per heavy atom. The lowest BCUT2D eigenvalue weighted by molar-refractivity contribution is -0.143. The van der Waals surface area contributed by atoms with Crippen LogP contribution >= 0.6 is 24.0 Å². The lowest BCUT2D eigenvalue weighted by Gasteiger charge is -2.21. The minimum atomic E-state index is -4.12. The van der Waals surface area contributed by atoms with Gasteiger partial charge in [-0.25, -0.2) is 0 Å². The van der Waals surface area contributed by atoms with E-state index in [-0.39, 0.29) is 30.0 Å². The summed E-state index contributed by atoms with van der Waals surface area (Å²) >= 11 is 0. The van der Waals surface area contributed by atoms with Crippen molar-refractivity contribution in [2.75, 3.05) is 26.7 Å². The molecule has 0 aromatic carbocycles.